The van der Waals surface area contributed by atoms with Gasteiger partial charge in [0.05, 0.1) is 29.7 Å². The number of rotatable bonds is 6. The summed E-state index contributed by atoms with van der Waals surface area (Å²) in [5, 5.41) is 5.03. The van der Waals surface area contributed by atoms with E-state index in [-0.39, 0.29) is 17.6 Å². The van der Waals surface area contributed by atoms with Crippen LogP contribution in [0.15, 0.2) is 96.2 Å². The van der Waals surface area contributed by atoms with E-state index in [1.54, 1.807) is 23.2 Å². The summed E-state index contributed by atoms with van der Waals surface area (Å²) in [6, 6.07) is 23.4. The standard InChI is InChI=1S/C31H26N6O2/c1-19-15-26(29-25(35-19)13-8-14-32-29)36-20(2)27-16-21-9-7-12-24(22-17-33-31(39-3)34-18-22)28(21)30(38)37(27)23-10-5-4-6-11-23/h4-18,20H,1-3H3,(H,35,36)/t20-/m0/s1. The van der Waals surface area contributed by atoms with E-state index < -0.39 is 0 Å². The Morgan fingerprint density at radius 2 is 1.72 bits per heavy atom. The van der Waals surface area contributed by atoms with Gasteiger partial charge in [-0.3, -0.25) is 19.3 Å². The first-order valence-electron chi connectivity index (χ1n) is 12.6. The summed E-state index contributed by atoms with van der Waals surface area (Å²) < 4.78 is 6.89. The van der Waals surface area contributed by atoms with E-state index in [2.05, 4.69) is 31.3 Å². The number of anilines is 1. The van der Waals surface area contributed by atoms with Crippen LogP contribution in [0.5, 0.6) is 6.01 Å². The van der Waals surface area contributed by atoms with Gasteiger partial charge < -0.3 is 10.1 Å². The van der Waals surface area contributed by atoms with E-state index in [0.29, 0.717) is 5.39 Å². The first-order valence-corrected chi connectivity index (χ1v) is 12.6. The number of hydrogen-bond acceptors (Lipinski definition) is 7. The highest BCUT2D eigenvalue weighted by Gasteiger charge is 2.20. The van der Waals surface area contributed by atoms with Gasteiger partial charge in [-0.1, -0.05) is 36.4 Å². The van der Waals surface area contributed by atoms with Crippen LogP contribution in [0.2, 0.25) is 0 Å². The number of aryl methyl sites for hydroxylation is 1. The number of nitrogens with one attached hydrogen (secondary N) is 1. The van der Waals surface area contributed by atoms with Crippen molar-refractivity contribution in [1.82, 2.24) is 24.5 Å². The minimum absolute atomic E-state index is 0.123. The number of para-hydroxylation sites is 1. The molecule has 1 atom stereocenters. The van der Waals surface area contributed by atoms with Crippen LogP contribution in [0.25, 0.3) is 38.6 Å². The van der Waals surface area contributed by atoms with Crippen LogP contribution in [-0.4, -0.2) is 31.6 Å². The van der Waals surface area contributed by atoms with Gasteiger partial charge in [-0.25, -0.2) is 9.97 Å². The molecule has 0 bridgehead atoms. The summed E-state index contributed by atoms with van der Waals surface area (Å²) in [6.45, 7) is 4.01. The average Bonchev–Trinajstić information content (AvgIpc) is 2.97. The molecule has 6 aromatic rings. The van der Waals surface area contributed by atoms with Crippen molar-refractivity contribution < 1.29 is 4.74 Å². The highest BCUT2D eigenvalue weighted by Crippen LogP contribution is 2.31. The quantitative estimate of drug-likeness (QED) is 0.297. The maximum atomic E-state index is 14.3. The summed E-state index contributed by atoms with van der Waals surface area (Å²) in [5.74, 6) is 0. The van der Waals surface area contributed by atoms with Crippen molar-refractivity contribution in [3.05, 3.63) is 113 Å². The first-order chi connectivity index (χ1) is 19.0. The summed E-state index contributed by atoms with van der Waals surface area (Å²) in [7, 11) is 1.52. The van der Waals surface area contributed by atoms with Crippen molar-refractivity contribution >= 4 is 27.5 Å². The fraction of sp³-hybridized carbons (Fsp3) is 0.129. The molecule has 0 saturated heterocycles. The van der Waals surface area contributed by atoms with Gasteiger partial charge in [-0.15, -0.1) is 0 Å². The number of pyridine rings is 3. The lowest BCUT2D eigenvalue weighted by atomic mass is 9.99. The molecule has 6 rings (SSSR count). The molecule has 0 spiro atoms. The summed E-state index contributed by atoms with van der Waals surface area (Å²) >= 11 is 0. The molecule has 1 N–H and O–H groups in total. The maximum Gasteiger partial charge on any atom is 0.316 e. The van der Waals surface area contributed by atoms with Crippen LogP contribution in [0, 0.1) is 6.92 Å². The zero-order valence-corrected chi connectivity index (χ0v) is 21.8. The Balaban J connectivity index is 1.55. The van der Waals surface area contributed by atoms with Crippen molar-refractivity contribution in [1.29, 1.82) is 0 Å². The molecule has 0 radical (unpaired) electrons. The number of hydrogen-bond donors (Lipinski definition) is 1. The normalized spacial score (nSPS) is 12.0. The van der Waals surface area contributed by atoms with E-state index in [4.69, 9.17) is 4.74 Å². The van der Waals surface area contributed by atoms with E-state index >= 15 is 0 Å². The SMILES string of the molecule is COc1ncc(-c2cccc3cc([C@H](C)Nc4cc(C)nc5cccnc45)n(-c4ccccc4)c(=O)c23)cn1. The topological polar surface area (TPSA) is 94.8 Å². The maximum absolute atomic E-state index is 14.3. The van der Waals surface area contributed by atoms with Crippen molar-refractivity contribution in [2.75, 3.05) is 12.4 Å². The van der Waals surface area contributed by atoms with Gasteiger partial charge in [-0.2, -0.15) is 0 Å². The summed E-state index contributed by atoms with van der Waals surface area (Å²) in [4.78, 5) is 32.0. The molecule has 8 heteroatoms. The Kier molecular flexibility index (Phi) is 6.20. The lowest BCUT2D eigenvalue weighted by Crippen LogP contribution is -2.26. The number of benzene rings is 2. The molecule has 0 unspecified atom stereocenters. The highest BCUT2D eigenvalue weighted by molar-refractivity contribution is 5.96. The van der Waals surface area contributed by atoms with Gasteiger partial charge in [-0.05, 0) is 61.2 Å². The van der Waals surface area contributed by atoms with Crippen LogP contribution < -0.4 is 15.6 Å². The number of methoxy groups -OCH3 is 1. The van der Waals surface area contributed by atoms with Crippen LogP contribution in [0.3, 0.4) is 0 Å². The smallest absolute Gasteiger partial charge is 0.316 e. The Hall–Kier alpha value is -5.11. The van der Waals surface area contributed by atoms with Gasteiger partial charge in [0.2, 0.25) is 0 Å². The fourth-order valence-electron chi connectivity index (χ4n) is 4.96. The molecule has 8 nitrogen and oxygen atoms in total. The molecule has 0 aliphatic rings. The third kappa shape index (κ3) is 4.46. The van der Waals surface area contributed by atoms with Crippen LogP contribution in [-0.2, 0) is 0 Å². The van der Waals surface area contributed by atoms with Crippen LogP contribution in [0.1, 0.15) is 24.4 Å². The summed E-state index contributed by atoms with van der Waals surface area (Å²) in [6.07, 6.45) is 5.11. The zero-order valence-electron chi connectivity index (χ0n) is 21.8. The monoisotopic (exact) mass is 514 g/mol. The Morgan fingerprint density at radius 3 is 2.49 bits per heavy atom. The average molecular weight is 515 g/mol. The molecule has 4 heterocycles. The fourth-order valence-corrected chi connectivity index (χ4v) is 4.96. The van der Waals surface area contributed by atoms with Crippen LogP contribution >= 0.6 is 0 Å². The van der Waals surface area contributed by atoms with Gasteiger partial charge in [0, 0.05) is 41.2 Å². The van der Waals surface area contributed by atoms with Crippen molar-refractivity contribution in [2.45, 2.75) is 19.9 Å². The molecule has 0 aliphatic heterocycles. The van der Waals surface area contributed by atoms with E-state index in [1.165, 1.54) is 7.11 Å². The lowest BCUT2D eigenvalue weighted by Gasteiger charge is -2.23. The number of ether oxygens (including phenoxy) is 1. The number of nitrogens with zero attached hydrogens (tertiary/aromatic N) is 5. The van der Waals surface area contributed by atoms with E-state index in [9.17, 15) is 4.79 Å². The summed E-state index contributed by atoms with van der Waals surface area (Å²) in [5.41, 5.74) is 6.32. The molecule has 4 aromatic heterocycles. The molecule has 0 fully saturated rings. The second-order valence-corrected chi connectivity index (χ2v) is 9.32. The lowest BCUT2D eigenvalue weighted by molar-refractivity contribution is 0.380. The Labute approximate surface area is 225 Å². The Morgan fingerprint density at radius 1 is 0.923 bits per heavy atom. The van der Waals surface area contributed by atoms with Crippen LogP contribution in [0.4, 0.5) is 5.69 Å². The Bertz CT molecular complexity index is 1870. The molecule has 39 heavy (non-hydrogen) atoms. The van der Waals surface area contributed by atoms with Gasteiger partial charge in [0.1, 0.15) is 5.52 Å². The molecule has 2 aromatic carbocycles. The first kappa shape index (κ1) is 24.2. The molecule has 192 valence electrons. The highest BCUT2D eigenvalue weighted by atomic mass is 16.5. The number of aromatic nitrogens is 5. The minimum atomic E-state index is -0.234. The van der Waals surface area contributed by atoms with Crippen molar-refractivity contribution in [3.8, 4) is 22.8 Å². The van der Waals surface area contributed by atoms with Gasteiger partial charge in [0.25, 0.3) is 5.56 Å². The van der Waals surface area contributed by atoms with Crippen molar-refractivity contribution in [3.63, 3.8) is 0 Å². The molecule has 0 amide bonds. The minimum Gasteiger partial charge on any atom is -0.467 e. The number of fused-ring (bicyclic) bond motifs is 2. The molecule has 0 aliphatic carbocycles. The third-order valence-corrected chi connectivity index (χ3v) is 6.72. The van der Waals surface area contributed by atoms with E-state index in [0.717, 1.165) is 50.3 Å². The van der Waals surface area contributed by atoms with Gasteiger partial charge in [0.15, 0.2) is 0 Å². The predicted molar refractivity (Wildman–Crippen MR) is 153 cm³/mol. The second-order valence-electron chi connectivity index (χ2n) is 9.32. The van der Waals surface area contributed by atoms with E-state index in [1.807, 2.05) is 80.6 Å². The predicted octanol–water partition coefficient (Wildman–Crippen LogP) is 5.88. The van der Waals surface area contributed by atoms with Crippen molar-refractivity contribution in [2.24, 2.45) is 0 Å². The largest absolute Gasteiger partial charge is 0.467 e. The zero-order chi connectivity index (χ0) is 26.9. The molecule has 0 saturated carbocycles. The molecular formula is C31H26N6O2. The second kappa shape index (κ2) is 9.98. The van der Waals surface area contributed by atoms with Gasteiger partial charge >= 0.3 is 6.01 Å². The molecular weight excluding hydrogens is 488 g/mol. The third-order valence-electron chi connectivity index (χ3n) is 6.72.